The Morgan fingerprint density at radius 1 is 1.28 bits per heavy atom. The van der Waals surface area contributed by atoms with Gasteiger partial charge in [-0.3, -0.25) is 9.36 Å². The highest BCUT2D eigenvalue weighted by Gasteiger charge is 2.27. The van der Waals surface area contributed by atoms with Crippen molar-refractivity contribution < 1.29 is 5.11 Å². The molecule has 1 heterocycles. The molecular formula is C11H20N4O3. The molecule has 1 aromatic heterocycles. The first-order valence-electron chi connectivity index (χ1n) is 5.94. The highest BCUT2D eigenvalue weighted by Crippen LogP contribution is 2.18. The van der Waals surface area contributed by atoms with Crippen molar-refractivity contribution in [3.8, 4) is 0 Å². The molecule has 0 aliphatic carbocycles. The van der Waals surface area contributed by atoms with Gasteiger partial charge in [0.1, 0.15) is 0 Å². The fraction of sp³-hybridized carbons (Fsp3) is 0.727. The van der Waals surface area contributed by atoms with Crippen LogP contribution in [-0.4, -0.2) is 31.6 Å². The minimum absolute atomic E-state index is 0.0809. The number of hydrogen-bond acceptors (Lipinski definition) is 5. The topological polar surface area (TPSA) is 89.2 Å². The van der Waals surface area contributed by atoms with E-state index < -0.39 is 16.8 Å². The van der Waals surface area contributed by atoms with Crippen LogP contribution in [0.1, 0.15) is 26.7 Å². The van der Waals surface area contributed by atoms with Crippen LogP contribution in [-0.2, 0) is 14.1 Å². The van der Waals surface area contributed by atoms with Crippen LogP contribution in [0.5, 0.6) is 0 Å². The monoisotopic (exact) mass is 256 g/mol. The number of nitrogens with one attached hydrogen (secondary N) is 1. The van der Waals surface area contributed by atoms with Gasteiger partial charge in [0.15, 0.2) is 0 Å². The van der Waals surface area contributed by atoms with Gasteiger partial charge in [0.05, 0.1) is 12.1 Å². The van der Waals surface area contributed by atoms with Crippen LogP contribution in [0.25, 0.3) is 0 Å². The van der Waals surface area contributed by atoms with Crippen LogP contribution in [0.2, 0.25) is 0 Å². The second kappa shape index (κ2) is 5.34. The molecule has 0 saturated carbocycles. The highest BCUT2D eigenvalue weighted by molar-refractivity contribution is 5.34. The van der Waals surface area contributed by atoms with E-state index in [2.05, 4.69) is 10.4 Å². The fourth-order valence-electron chi connectivity index (χ4n) is 1.72. The Labute approximate surface area is 105 Å². The number of nitrogens with zero attached hydrogens (tertiary/aromatic N) is 3. The van der Waals surface area contributed by atoms with Gasteiger partial charge in [-0.15, -0.1) is 5.10 Å². The van der Waals surface area contributed by atoms with Gasteiger partial charge in [0.25, 0.3) is 5.56 Å². The van der Waals surface area contributed by atoms with E-state index in [0.29, 0.717) is 12.8 Å². The number of aromatic nitrogens is 3. The maximum Gasteiger partial charge on any atom is 0.346 e. The van der Waals surface area contributed by atoms with Gasteiger partial charge in [0, 0.05) is 14.1 Å². The summed E-state index contributed by atoms with van der Waals surface area (Å²) in [5.74, 6) is 0.0809. The van der Waals surface area contributed by atoms with Crippen LogP contribution in [0.4, 0.5) is 5.82 Å². The summed E-state index contributed by atoms with van der Waals surface area (Å²) in [5.41, 5.74) is -1.55. The number of rotatable bonds is 5. The zero-order valence-electron chi connectivity index (χ0n) is 11.2. The number of hydrogen-bond donors (Lipinski definition) is 2. The minimum Gasteiger partial charge on any atom is -0.394 e. The third kappa shape index (κ3) is 2.45. The first-order valence-corrected chi connectivity index (χ1v) is 5.94. The fourth-order valence-corrected chi connectivity index (χ4v) is 1.72. The molecule has 18 heavy (non-hydrogen) atoms. The van der Waals surface area contributed by atoms with Crippen LogP contribution < -0.4 is 16.6 Å². The van der Waals surface area contributed by atoms with Crippen LogP contribution in [0, 0.1) is 0 Å². The normalized spacial score (nSPS) is 11.6. The van der Waals surface area contributed by atoms with Gasteiger partial charge in [-0.1, -0.05) is 13.8 Å². The Morgan fingerprint density at radius 3 is 2.28 bits per heavy atom. The van der Waals surface area contributed by atoms with Crippen molar-refractivity contribution in [1.29, 1.82) is 0 Å². The lowest BCUT2D eigenvalue weighted by molar-refractivity contribution is 0.201. The average Bonchev–Trinajstić information content (AvgIpc) is 2.39. The minimum atomic E-state index is -0.587. The number of anilines is 1. The van der Waals surface area contributed by atoms with E-state index in [9.17, 15) is 14.7 Å². The summed E-state index contributed by atoms with van der Waals surface area (Å²) >= 11 is 0. The van der Waals surface area contributed by atoms with Crippen molar-refractivity contribution in [3.05, 3.63) is 20.8 Å². The van der Waals surface area contributed by atoms with E-state index in [1.807, 2.05) is 13.8 Å². The molecule has 0 bridgehead atoms. The summed E-state index contributed by atoms with van der Waals surface area (Å²) in [4.78, 5) is 23.4. The molecule has 0 spiro atoms. The molecule has 0 atom stereocenters. The Balaban J connectivity index is 3.28. The van der Waals surface area contributed by atoms with E-state index in [1.54, 1.807) is 0 Å². The molecular weight excluding hydrogens is 236 g/mol. The van der Waals surface area contributed by atoms with Crippen molar-refractivity contribution >= 4 is 5.82 Å². The molecule has 7 nitrogen and oxygen atoms in total. The molecule has 0 amide bonds. The van der Waals surface area contributed by atoms with Crippen molar-refractivity contribution in [2.24, 2.45) is 14.1 Å². The molecule has 0 aliphatic rings. The van der Waals surface area contributed by atoms with E-state index in [4.69, 9.17) is 0 Å². The van der Waals surface area contributed by atoms with Gasteiger partial charge in [-0.2, -0.15) is 0 Å². The molecule has 0 saturated heterocycles. The molecule has 0 aromatic carbocycles. The van der Waals surface area contributed by atoms with Gasteiger partial charge < -0.3 is 10.4 Å². The van der Waals surface area contributed by atoms with Crippen molar-refractivity contribution in [3.63, 3.8) is 0 Å². The van der Waals surface area contributed by atoms with Crippen LogP contribution >= 0.6 is 0 Å². The summed E-state index contributed by atoms with van der Waals surface area (Å²) in [6, 6.07) is 0. The lowest BCUT2D eigenvalue weighted by atomic mass is 9.94. The third-order valence-electron chi connectivity index (χ3n) is 3.36. The summed E-state index contributed by atoms with van der Waals surface area (Å²) < 4.78 is 2.08. The predicted octanol–water partition coefficient (Wildman–Crippen LogP) is -0.558. The quantitative estimate of drug-likeness (QED) is 0.737. The SMILES string of the molecule is CCC(CC)(CO)Nc1nn(C)c(=O)n(C)c1=O. The first-order chi connectivity index (χ1) is 8.40. The maximum atomic E-state index is 11.9. The standard InChI is InChI=1S/C11H20N4O3/c1-5-11(6-2,7-16)12-8-9(17)14(3)10(18)15(4)13-8/h16H,5-7H2,1-4H3,(H,12,13). The van der Waals surface area contributed by atoms with Crippen LogP contribution in [0.15, 0.2) is 9.59 Å². The van der Waals surface area contributed by atoms with Crippen molar-refractivity contribution in [2.75, 3.05) is 11.9 Å². The summed E-state index contributed by atoms with van der Waals surface area (Å²) in [6.07, 6.45) is 1.29. The Kier molecular flexibility index (Phi) is 4.28. The second-order valence-corrected chi connectivity index (χ2v) is 4.39. The van der Waals surface area contributed by atoms with Crippen molar-refractivity contribution in [1.82, 2.24) is 14.3 Å². The Hall–Kier alpha value is -1.63. The van der Waals surface area contributed by atoms with Crippen LogP contribution in [0.3, 0.4) is 0 Å². The molecule has 0 radical (unpaired) electrons. The van der Waals surface area contributed by atoms with Gasteiger partial charge in [-0.25, -0.2) is 9.48 Å². The van der Waals surface area contributed by atoms with Crippen molar-refractivity contribution in [2.45, 2.75) is 32.2 Å². The molecule has 1 aromatic rings. The number of aliphatic hydroxyl groups is 1. The van der Waals surface area contributed by atoms with E-state index in [-0.39, 0.29) is 12.4 Å². The summed E-state index contributed by atoms with van der Waals surface area (Å²) in [5, 5.41) is 16.3. The third-order valence-corrected chi connectivity index (χ3v) is 3.36. The first kappa shape index (κ1) is 14.4. The zero-order valence-corrected chi connectivity index (χ0v) is 11.2. The molecule has 102 valence electrons. The lowest BCUT2D eigenvalue weighted by Crippen LogP contribution is -2.46. The molecule has 0 fully saturated rings. The van der Waals surface area contributed by atoms with Gasteiger partial charge >= 0.3 is 5.69 Å². The highest BCUT2D eigenvalue weighted by atomic mass is 16.3. The average molecular weight is 256 g/mol. The maximum absolute atomic E-state index is 11.9. The second-order valence-electron chi connectivity index (χ2n) is 4.39. The predicted molar refractivity (Wildman–Crippen MR) is 68.7 cm³/mol. The number of aliphatic hydroxyl groups excluding tert-OH is 1. The molecule has 0 aliphatic heterocycles. The lowest BCUT2D eigenvalue weighted by Gasteiger charge is -2.30. The summed E-state index contributed by atoms with van der Waals surface area (Å²) in [7, 11) is 2.88. The molecule has 7 heteroatoms. The van der Waals surface area contributed by atoms with E-state index in [1.165, 1.54) is 14.1 Å². The largest absolute Gasteiger partial charge is 0.394 e. The molecule has 0 unspecified atom stereocenters. The van der Waals surface area contributed by atoms with Gasteiger partial charge in [0.2, 0.25) is 5.82 Å². The van der Waals surface area contributed by atoms with E-state index in [0.717, 1.165) is 9.25 Å². The smallest absolute Gasteiger partial charge is 0.346 e. The molecule has 2 N–H and O–H groups in total. The Bertz CT molecular complexity index is 520. The summed E-state index contributed by atoms with van der Waals surface area (Å²) in [6.45, 7) is 3.73. The zero-order chi connectivity index (χ0) is 13.9. The Morgan fingerprint density at radius 2 is 1.83 bits per heavy atom. The number of aryl methyl sites for hydroxylation is 1. The van der Waals surface area contributed by atoms with Gasteiger partial charge in [-0.05, 0) is 12.8 Å². The van der Waals surface area contributed by atoms with E-state index >= 15 is 0 Å². The molecule has 1 rings (SSSR count).